The van der Waals surface area contributed by atoms with Gasteiger partial charge in [0.05, 0.1) is 0 Å². The molecule has 0 aliphatic heterocycles. The molecule has 0 aromatic carbocycles. The van der Waals surface area contributed by atoms with E-state index >= 15 is 0 Å². The van der Waals surface area contributed by atoms with E-state index in [1.165, 1.54) is 0 Å². The van der Waals surface area contributed by atoms with Gasteiger partial charge in [-0.3, -0.25) is 9.59 Å². The minimum Gasteiger partial charge on any atom is -0.428 e. The molecule has 0 saturated heterocycles. The highest BCUT2D eigenvalue weighted by molar-refractivity contribution is 9.09. The number of carbonyl (C=O) groups excluding carboxylic acids is 2. The summed E-state index contributed by atoms with van der Waals surface area (Å²) < 4.78 is 9.36. The standard InChI is InChI=1S/C9H14Br2O4/c10-5-1-3-8(12)14-7-15-9(13)4-2-6-11/h1-7H2. The number of hydrogen-bond acceptors (Lipinski definition) is 4. The molecular formula is C9H14Br2O4. The van der Waals surface area contributed by atoms with Crippen molar-refractivity contribution in [3.05, 3.63) is 0 Å². The number of carbonyl (C=O) groups is 2. The van der Waals surface area contributed by atoms with Crippen LogP contribution >= 0.6 is 31.9 Å². The van der Waals surface area contributed by atoms with Gasteiger partial charge in [0.1, 0.15) is 0 Å². The van der Waals surface area contributed by atoms with E-state index in [9.17, 15) is 9.59 Å². The van der Waals surface area contributed by atoms with Crippen molar-refractivity contribution in [3.8, 4) is 0 Å². The van der Waals surface area contributed by atoms with Crippen molar-refractivity contribution in [2.75, 3.05) is 17.5 Å². The summed E-state index contributed by atoms with van der Waals surface area (Å²) in [4.78, 5) is 21.9. The van der Waals surface area contributed by atoms with Crippen LogP contribution in [-0.4, -0.2) is 29.4 Å². The van der Waals surface area contributed by atoms with E-state index in [1.807, 2.05) is 0 Å². The van der Waals surface area contributed by atoms with Gasteiger partial charge < -0.3 is 9.47 Å². The van der Waals surface area contributed by atoms with Gasteiger partial charge in [-0.25, -0.2) is 0 Å². The van der Waals surface area contributed by atoms with Gasteiger partial charge in [0, 0.05) is 23.5 Å². The molecule has 0 heterocycles. The molecule has 0 atom stereocenters. The van der Waals surface area contributed by atoms with Crippen molar-refractivity contribution in [3.63, 3.8) is 0 Å². The van der Waals surface area contributed by atoms with Crippen LogP contribution in [0.4, 0.5) is 0 Å². The molecule has 0 aromatic heterocycles. The molecule has 0 rings (SSSR count). The number of rotatable bonds is 8. The zero-order chi connectivity index (χ0) is 11.5. The lowest BCUT2D eigenvalue weighted by molar-refractivity contribution is -0.167. The molecule has 0 aliphatic carbocycles. The molecule has 0 amide bonds. The lowest BCUT2D eigenvalue weighted by Gasteiger charge is -2.05. The molecule has 0 spiro atoms. The van der Waals surface area contributed by atoms with Crippen LogP contribution in [0.5, 0.6) is 0 Å². The van der Waals surface area contributed by atoms with Gasteiger partial charge in [0.15, 0.2) is 0 Å². The smallest absolute Gasteiger partial charge is 0.308 e. The lowest BCUT2D eigenvalue weighted by atomic mass is 10.3. The summed E-state index contributed by atoms with van der Waals surface area (Å²) in [5, 5.41) is 1.51. The van der Waals surface area contributed by atoms with E-state index in [0.717, 1.165) is 23.5 Å². The summed E-state index contributed by atoms with van der Waals surface area (Å²) in [6.45, 7) is -0.276. The zero-order valence-electron chi connectivity index (χ0n) is 8.34. The van der Waals surface area contributed by atoms with E-state index in [1.54, 1.807) is 0 Å². The molecule has 4 nitrogen and oxygen atoms in total. The molecule has 6 heteroatoms. The molecule has 0 N–H and O–H groups in total. The van der Waals surface area contributed by atoms with Gasteiger partial charge in [-0.1, -0.05) is 31.9 Å². The Morgan fingerprint density at radius 1 is 0.867 bits per heavy atom. The molecule has 88 valence electrons. The van der Waals surface area contributed by atoms with Gasteiger partial charge in [0.2, 0.25) is 6.79 Å². The second-order valence-corrected chi connectivity index (χ2v) is 4.32. The minimum atomic E-state index is -0.345. The molecule has 0 unspecified atom stereocenters. The van der Waals surface area contributed by atoms with E-state index in [4.69, 9.17) is 0 Å². The van der Waals surface area contributed by atoms with Gasteiger partial charge in [0.25, 0.3) is 0 Å². The average molecular weight is 346 g/mol. The Hall–Kier alpha value is -0.100. The van der Waals surface area contributed by atoms with E-state index in [-0.39, 0.29) is 18.7 Å². The number of halogens is 2. The largest absolute Gasteiger partial charge is 0.428 e. The SMILES string of the molecule is O=C(CCCBr)OCOC(=O)CCCBr. The molecule has 15 heavy (non-hydrogen) atoms. The highest BCUT2D eigenvalue weighted by atomic mass is 79.9. The maximum atomic E-state index is 11.0. The monoisotopic (exact) mass is 344 g/mol. The molecular weight excluding hydrogens is 332 g/mol. The number of alkyl halides is 2. The van der Waals surface area contributed by atoms with E-state index in [0.29, 0.717) is 12.8 Å². The summed E-state index contributed by atoms with van der Waals surface area (Å²) in [7, 11) is 0. The van der Waals surface area contributed by atoms with Crippen molar-refractivity contribution in [1.29, 1.82) is 0 Å². The van der Waals surface area contributed by atoms with Gasteiger partial charge >= 0.3 is 11.9 Å². The predicted molar refractivity (Wildman–Crippen MR) is 63.1 cm³/mol. The van der Waals surface area contributed by atoms with Gasteiger partial charge in [-0.05, 0) is 12.8 Å². The van der Waals surface area contributed by atoms with Crippen molar-refractivity contribution in [1.82, 2.24) is 0 Å². The lowest BCUT2D eigenvalue weighted by Crippen LogP contribution is -2.12. The third-order valence-corrected chi connectivity index (χ3v) is 2.59. The highest BCUT2D eigenvalue weighted by Gasteiger charge is 2.05. The summed E-state index contributed by atoms with van der Waals surface area (Å²) in [5.41, 5.74) is 0. The van der Waals surface area contributed by atoms with Crippen molar-refractivity contribution < 1.29 is 19.1 Å². The molecule has 0 bridgehead atoms. The van der Waals surface area contributed by atoms with Crippen LogP contribution in [0.2, 0.25) is 0 Å². The number of hydrogen-bond donors (Lipinski definition) is 0. The van der Waals surface area contributed by atoms with Crippen LogP contribution in [-0.2, 0) is 19.1 Å². The Morgan fingerprint density at radius 3 is 1.60 bits per heavy atom. The first kappa shape index (κ1) is 14.9. The van der Waals surface area contributed by atoms with Crippen molar-refractivity contribution in [2.24, 2.45) is 0 Å². The second-order valence-electron chi connectivity index (χ2n) is 2.74. The average Bonchev–Trinajstić information content (AvgIpc) is 2.23. The minimum absolute atomic E-state index is 0.276. The van der Waals surface area contributed by atoms with Crippen LogP contribution in [0.25, 0.3) is 0 Å². The van der Waals surface area contributed by atoms with Crippen LogP contribution in [0.3, 0.4) is 0 Å². The Kier molecular flexibility index (Phi) is 10.3. The Morgan fingerprint density at radius 2 is 1.27 bits per heavy atom. The summed E-state index contributed by atoms with van der Waals surface area (Å²) >= 11 is 6.40. The van der Waals surface area contributed by atoms with E-state index in [2.05, 4.69) is 41.3 Å². The third kappa shape index (κ3) is 10.2. The summed E-state index contributed by atoms with van der Waals surface area (Å²) in [6, 6.07) is 0. The molecule has 0 fully saturated rings. The first-order chi connectivity index (χ1) is 7.20. The maximum Gasteiger partial charge on any atom is 0.308 e. The highest BCUT2D eigenvalue weighted by Crippen LogP contribution is 1.99. The molecule has 0 saturated carbocycles. The first-order valence-electron chi connectivity index (χ1n) is 4.64. The third-order valence-electron chi connectivity index (χ3n) is 1.47. The van der Waals surface area contributed by atoms with Crippen LogP contribution in [0.15, 0.2) is 0 Å². The van der Waals surface area contributed by atoms with Crippen molar-refractivity contribution >= 4 is 43.8 Å². The molecule has 0 radical (unpaired) electrons. The number of esters is 2. The normalized spacial score (nSPS) is 9.73. The molecule has 0 aliphatic rings. The summed E-state index contributed by atoms with van der Waals surface area (Å²) in [5.74, 6) is -0.689. The Labute approximate surface area is 106 Å². The van der Waals surface area contributed by atoms with Gasteiger partial charge in [-0.2, -0.15) is 0 Å². The molecule has 0 aromatic rings. The van der Waals surface area contributed by atoms with Crippen LogP contribution < -0.4 is 0 Å². The number of ether oxygens (including phenoxy) is 2. The predicted octanol–water partition coefficient (Wildman–Crippen LogP) is 2.38. The second kappa shape index (κ2) is 10.4. The van der Waals surface area contributed by atoms with E-state index < -0.39 is 0 Å². The zero-order valence-corrected chi connectivity index (χ0v) is 11.5. The fourth-order valence-corrected chi connectivity index (χ4v) is 1.29. The quantitative estimate of drug-likeness (QED) is 0.385. The topological polar surface area (TPSA) is 52.6 Å². The Bertz CT molecular complexity index is 177. The van der Waals surface area contributed by atoms with Crippen LogP contribution in [0, 0.1) is 0 Å². The van der Waals surface area contributed by atoms with Crippen LogP contribution in [0.1, 0.15) is 25.7 Å². The van der Waals surface area contributed by atoms with Gasteiger partial charge in [-0.15, -0.1) is 0 Å². The first-order valence-corrected chi connectivity index (χ1v) is 6.88. The summed E-state index contributed by atoms with van der Waals surface area (Å²) in [6.07, 6.45) is 2.11. The fraction of sp³-hybridized carbons (Fsp3) is 0.778. The van der Waals surface area contributed by atoms with Crippen molar-refractivity contribution in [2.45, 2.75) is 25.7 Å². The fourth-order valence-electron chi connectivity index (χ4n) is 0.728. The Balaban J connectivity index is 3.36. The maximum absolute atomic E-state index is 11.0.